The minimum Gasteiger partial charge on any atom is -0.339 e. The van der Waals surface area contributed by atoms with Crippen molar-refractivity contribution >= 4 is 15.9 Å². The molecule has 0 aromatic carbocycles. The van der Waals surface area contributed by atoms with Crippen LogP contribution in [0.4, 0.5) is 0 Å². The van der Waals surface area contributed by atoms with Crippen LogP contribution in [-0.4, -0.2) is 79.0 Å². The summed E-state index contributed by atoms with van der Waals surface area (Å²) in [5, 5.41) is 0. The number of sulfonamides is 1. The van der Waals surface area contributed by atoms with E-state index in [1.807, 2.05) is 11.8 Å². The van der Waals surface area contributed by atoms with Gasteiger partial charge in [0.1, 0.15) is 0 Å². The summed E-state index contributed by atoms with van der Waals surface area (Å²) >= 11 is 0. The molecule has 0 aromatic heterocycles. The summed E-state index contributed by atoms with van der Waals surface area (Å²) in [5.74, 6) is 0.433. The normalized spacial score (nSPS) is 25.9. The number of hydrogen-bond acceptors (Lipinski definition) is 4. The summed E-state index contributed by atoms with van der Waals surface area (Å²) in [7, 11) is -3.11. The highest BCUT2D eigenvalue weighted by molar-refractivity contribution is 7.89. The number of carbonyl (C=O) groups is 1. The van der Waals surface area contributed by atoms with E-state index in [0.29, 0.717) is 32.6 Å². The molecule has 2 rings (SSSR count). The highest BCUT2D eigenvalue weighted by Crippen LogP contribution is 2.21. The molecule has 0 saturated carbocycles. The fraction of sp³-hybridized carbons (Fsp3) is 0.933. The SMILES string of the molecule is CCCS(=O)(=O)N1CCN([C@@H]2CCCN(C(C)C)C2=O)CC1. The Morgan fingerprint density at radius 1 is 1.14 bits per heavy atom. The van der Waals surface area contributed by atoms with E-state index in [-0.39, 0.29) is 23.7 Å². The third-order valence-corrected chi connectivity index (χ3v) is 6.71. The van der Waals surface area contributed by atoms with E-state index in [9.17, 15) is 13.2 Å². The van der Waals surface area contributed by atoms with Crippen LogP contribution in [-0.2, 0) is 14.8 Å². The molecule has 6 nitrogen and oxygen atoms in total. The van der Waals surface area contributed by atoms with E-state index < -0.39 is 10.0 Å². The maximum absolute atomic E-state index is 12.6. The van der Waals surface area contributed by atoms with Crippen LogP contribution in [0, 0.1) is 0 Å². The van der Waals surface area contributed by atoms with Gasteiger partial charge in [0.2, 0.25) is 15.9 Å². The summed E-state index contributed by atoms with van der Waals surface area (Å²) in [6.45, 7) is 9.16. The van der Waals surface area contributed by atoms with Gasteiger partial charge in [-0.3, -0.25) is 9.69 Å². The molecule has 2 aliphatic heterocycles. The monoisotopic (exact) mass is 331 g/mol. The molecule has 0 N–H and O–H groups in total. The second kappa shape index (κ2) is 7.27. The van der Waals surface area contributed by atoms with Crippen molar-refractivity contribution in [3.8, 4) is 0 Å². The van der Waals surface area contributed by atoms with E-state index in [1.54, 1.807) is 4.31 Å². The van der Waals surface area contributed by atoms with Crippen LogP contribution in [0.2, 0.25) is 0 Å². The van der Waals surface area contributed by atoms with Crippen LogP contribution in [0.1, 0.15) is 40.0 Å². The Labute approximate surface area is 134 Å². The van der Waals surface area contributed by atoms with Crippen LogP contribution in [0.25, 0.3) is 0 Å². The highest BCUT2D eigenvalue weighted by Gasteiger charge is 2.37. The second-order valence-electron chi connectivity index (χ2n) is 6.53. The standard InChI is InChI=1S/C15H29N3O3S/c1-4-12-22(20,21)17-10-8-16(9-11-17)14-6-5-7-18(13(2)3)15(14)19/h13-14H,4-12H2,1-3H3/t14-/m1/s1. The van der Waals surface area contributed by atoms with Crippen LogP contribution in [0.15, 0.2) is 0 Å². The minimum atomic E-state index is -3.11. The van der Waals surface area contributed by atoms with Crippen molar-refractivity contribution < 1.29 is 13.2 Å². The first kappa shape index (κ1) is 17.7. The maximum Gasteiger partial charge on any atom is 0.240 e. The zero-order chi connectivity index (χ0) is 16.3. The molecule has 2 heterocycles. The van der Waals surface area contributed by atoms with Gasteiger partial charge in [0.05, 0.1) is 11.8 Å². The largest absolute Gasteiger partial charge is 0.339 e. The molecule has 0 aliphatic carbocycles. The Kier molecular flexibility index (Phi) is 5.85. The fourth-order valence-corrected chi connectivity index (χ4v) is 4.91. The van der Waals surface area contributed by atoms with E-state index in [0.717, 1.165) is 19.4 Å². The lowest BCUT2D eigenvalue weighted by molar-refractivity contribution is -0.142. The fourth-order valence-electron chi connectivity index (χ4n) is 3.41. The van der Waals surface area contributed by atoms with Crippen molar-refractivity contribution in [1.29, 1.82) is 0 Å². The molecule has 0 aromatic rings. The van der Waals surface area contributed by atoms with Crippen LogP contribution in [0.5, 0.6) is 0 Å². The Bertz CT molecular complexity index is 484. The predicted molar refractivity (Wildman–Crippen MR) is 87.1 cm³/mol. The molecule has 0 spiro atoms. The molecule has 2 fully saturated rings. The summed E-state index contributed by atoms with van der Waals surface area (Å²) in [6.07, 6.45) is 2.57. The Morgan fingerprint density at radius 3 is 2.32 bits per heavy atom. The maximum atomic E-state index is 12.6. The predicted octanol–water partition coefficient (Wildman–Crippen LogP) is 0.743. The van der Waals surface area contributed by atoms with E-state index >= 15 is 0 Å². The zero-order valence-electron chi connectivity index (χ0n) is 14.0. The number of rotatable bonds is 5. The molecule has 22 heavy (non-hydrogen) atoms. The zero-order valence-corrected chi connectivity index (χ0v) is 14.8. The quantitative estimate of drug-likeness (QED) is 0.746. The van der Waals surface area contributed by atoms with Crippen LogP contribution < -0.4 is 0 Å². The van der Waals surface area contributed by atoms with Gasteiger partial charge in [0.15, 0.2) is 0 Å². The summed E-state index contributed by atoms with van der Waals surface area (Å²) in [4.78, 5) is 16.7. The van der Waals surface area contributed by atoms with Crippen molar-refractivity contribution in [3.05, 3.63) is 0 Å². The minimum absolute atomic E-state index is 0.0628. The first-order valence-corrected chi connectivity index (χ1v) is 10.00. The van der Waals surface area contributed by atoms with E-state index in [1.165, 1.54) is 0 Å². The lowest BCUT2D eigenvalue weighted by Gasteiger charge is -2.43. The smallest absolute Gasteiger partial charge is 0.240 e. The summed E-state index contributed by atoms with van der Waals surface area (Å²) in [6, 6.07) is 0.175. The first-order chi connectivity index (χ1) is 10.4. The molecule has 0 unspecified atom stereocenters. The van der Waals surface area contributed by atoms with Gasteiger partial charge in [-0.2, -0.15) is 4.31 Å². The van der Waals surface area contributed by atoms with Gasteiger partial charge in [0, 0.05) is 38.8 Å². The topological polar surface area (TPSA) is 60.9 Å². The average molecular weight is 331 g/mol. The third kappa shape index (κ3) is 3.81. The third-order valence-electron chi connectivity index (χ3n) is 4.64. The van der Waals surface area contributed by atoms with Crippen molar-refractivity contribution in [2.45, 2.75) is 52.1 Å². The molecule has 7 heteroatoms. The van der Waals surface area contributed by atoms with Crippen molar-refractivity contribution in [1.82, 2.24) is 14.1 Å². The van der Waals surface area contributed by atoms with Crippen LogP contribution in [0.3, 0.4) is 0 Å². The number of piperazine rings is 1. The Hall–Kier alpha value is -0.660. The van der Waals surface area contributed by atoms with E-state index in [2.05, 4.69) is 18.7 Å². The molecule has 0 bridgehead atoms. The van der Waals surface area contributed by atoms with Crippen molar-refractivity contribution in [2.75, 3.05) is 38.5 Å². The number of carbonyl (C=O) groups excluding carboxylic acids is 1. The molecule has 128 valence electrons. The molecule has 1 atom stereocenters. The van der Waals surface area contributed by atoms with Gasteiger partial charge in [-0.05, 0) is 33.1 Å². The van der Waals surface area contributed by atoms with E-state index in [4.69, 9.17) is 0 Å². The number of hydrogen-bond donors (Lipinski definition) is 0. The molecule has 1 amide bonds. The van der Waals surface area contributed by atoms with Gasteiger partial charge in [0.25, 0.3) is 0 Å². The van der Waals surface area contributed by atoms with Gasteiger partial charge in [-0.15, -0.1) is 0 Å². The Morgan fingerprint density at radius 2 is 1.77 bits per heavy atom. The number of nitrogens with zero attached hydrogens (tertiary/aromatic N) is 3. The summed E-state index contributed by atoms with van der Waals surface area (Å²) < 4.78 is 25.8. The molecule has 2 saturated heterocycles. The van der Waals surface area contributed by atoms with Gasteiger partial charge in [-0.25, -0.2) is 8.42 Å². The molecule has 0 radical (unpaired) electrons. The van der Waals surface area contributed by atoms with Crippen molar-refractivity contribution in [3.63, 3.8) is 0 Å². The Balaban J connectivity index is 1.95. The number of likely N-dealkylation sites (tertiary alicyclic amines) is 1. The summed E-state index contributed by atoms with van der Waals surface area (Å²) in [5.41, 5.74) is 0. The number of amides is 1. The highest BCUT2D eigenvalue weighted by atomic mass is 32.2. The van der Waals surface area contributed by atoms with Gasteiger partial charge in [-0.1, -0.05) is 6.92 Å². The lowest BCUT2D eigenvalue weighted by Crippen LogP contribution is -2.59. The lowest BCUT2D eigenvalue weighted by atomic mass is 10.0. The number of piperidine rings is 1. The van der Waals surface area contributed by atoms with Gasteiger partial charge < -0.3 is 4.90 Å². The molecular formula is C15H29N3O3S. The van der Waals surface area contributed by atoms with Crippen molar-refractivity contribution in [2.24, 2.45) is 0 Å². The van der Waals surface area contributed by atoms with Crippen LogP contribution >= 0.6 is 0 Å². The average Bonchev–Trinajstić information content (AvgIpc) is 2.47. The molecule has 2 aliphatic rings. The first-order valence-electron chi connectivity index (χ1n) is 8.39. The molecular weight excluding hydrogens is 302 g/mol. The van der Waals surface area contributed by atoms with Gasteiger partial charge >= 0.3 is 0 Å². The second-order valence-corrected chi connectivity index (χ2v) is 8.62.